The van der Waals surface area contributed by atoms with Gasteiger partial charge in [0, 0.05) is 0 Å². The first-order chi connectivity index (χ1) is 9.24. The van der Waals surface area contributed by atoms with Crippen LogP contribution >= 0.6 is 0 Å². The fourth-order valence-corrected chi connectivity index (χ4v) is 1.05. The number of rotatable bonds is 6. The van der Waals surface area contributed by atoms with E-state index in [0.717, 1.165) is 5.56 Å². The van der Waals surface area contributed by atoms with Crippen molar-refractivity contribution in [3.8, 4) is 0 Å². The number of nitrogens with zero attached hydrogens (tertiary/aromatic N) is 4. The van der Waals surface area contributed by atoms with Crippen LogP contribution in [0.4, 0.5) is 0 Å². The zero-order valence-electron chi connectivity index (χ0n) is 10.9. The van der Waals surface area contributed by atoms with Crippen LogP contribution in [0.15, 0.2) is 50.8 Å². The smallest absolute Gasteiger partial charge is 0.142 e. The van der Waals surface area contributed by atoms with Crippen molar-refractivity contribution in [3.63, 3.8) is 0 Å². The Kier molecular flexibility index (Phi) is 6.57. The Morgan fingerprint density at radius 3 is 2.58 bits per heavy atom. The first kappa shape index (κ1) is 14.6. The van der Waals surface area contributed by atoms with Gasteiger partial charge in [0.05, 0.1) is 23.9 Å². The molecule has 0 atom stereocenters. The van der Waals surface area contributed by atoms with Crippen LogP contribution in [0, 0.1) is 0 Å². The highest BCUT2D eigenvalue weighted by molar-refractivity contribution is 6.40. The normalized spacial score (nSPS) is 13.4. The van der Waals surface area contributed by atoms with Crippen molar-refractivity contribution < 1.29 is 10.0 Å². The second-order valence-corrected chi connectivity index (χ2v) is 3.65. The topological polar surface area (TPSA) is 78.9 Å². The van der Waals surface area contributed by atoms with E-state index in [-0.39, 0.29) is 0 Å². The van der Waals surface area contributed by atoms with Gasteiger partial charge in [0.1, 0.15) is 6.61 Å². The van der Waals surface area contributed by atoms with Crippen LogP contribution in [0.3, 0.4) is 0 Å². The Morgan fingerprint density at radius 1 is 1.16 bits per heavy atom. The second-order valence-electron chi connectivity index (χ2n) is 3.65. The summed E-state index contributed by atoms with van der Waals surface area (Å²) in [5.41, 5.74) is 1.98. The first-order valence-electron chi connectivity index (χ1n) is 5.68. The zero-order valence-corrected chi connectivity index (χ0v) is 10.9. The molecule has 1 rings (SSSR count). The summed E-state index contributed by atoms with van der Waals surface area (Å²) < 4.78 is 0. The van der Waals surface area contributed by atoms with E-state index in [2.05, 4.69) is 20.5 Å². The SMILES string of the molecule is CC(=N/N=C\C=N/OCc1ccccc1)/C(C)=N/O. The van der Waals surface area contributed by atoms with Gasteiger partial charge in [-0.05, 0) is 19.4 Å². The van der Waals surface area contributed by atoms with Gasteiger partial charge in [-0.2, -0.15) is 10.2 Å². The van der Waals surface area contributed by atoms with E-state index in [4.69, 9.17) is 10.0 Å². The Hall–Kier alpha value is -2.50. The molecule has 0 saturated carbocycles. The molecule has 0 aliphatic carbocycles. The maximum atomic E-state index is 8.50. The zero-order chi connectivity index (χ0) is 13.9. The molecule has 6 nitrogen and oxygen atoms in total. The van der Waals surface area contributed by atoms with Gasteiger partial charge in [-0.25, -0.2) is 0 Å². The van der Waals surface area contributed by atoms with Gasteiger partial charge in [-0.15, -0.1) is 0 Å². The fraction of sp³-hybridized carbons (Fsp3) is 0.231. The lowest BCUT2D eigenvalue weighted by molar-refractivity contribution is 0.132. The van der Waals surface area contributed by atoms with Crippen LogP contribution in [0.2, 0.25) is 0 Å². The number of benzene rings is 1. The highest BCUT2D eigenvalue weighted by Crippen LogP contribution is 1.99. The molecule has 0 unspecified atom stereocenters. The van der Waals surface area contributed by atoms with E-state index in [1.165, 1.54) is 12.4 Å². The van der Waals surface area contributed by atoms with E-state index in [1.54, 1.807) is 13.8 Å². The average molecular weight is 260 g/mol. The minimum atomic E-state index is 0.407. The molecule has 0 bridgehead atoms. The number of oxime groups is 2. The van der Waals surface area contributed by atoms with Crippen LogP contribution < -0.4 is 0 Å². The summed E-state index contributed by atoms with van der Waals surface area (Å²) in [4.78, 5) is 5.06. The monoisotopic (exact) mass is 260 g/mol. The maximum absolute atomic E-state index is 8.50. The molecular formula is C13H16N4O2. The molecule has 0 heterocycles. The minimum Gasteiger partial charge on any atom is -0.411 e. The van der Waals surface area contributed by atoms with Gasteiger partial charge in [0.2, 0.25) is 0 Å². The van der Waals surface area contributed by atoms with Crippen molar-refractivity contribution in [2.45, 2.75) is 20.5 Å². The van der Waals surface area contributed by atoms with E-state index in [9.17, 15) is 0 Å². The Bertz CT molecular complexity index is 493. The van der Waals surface area contributed by atoms with Gasteiger partial charge >= 0.3 is 0 Å². The first-order valence-corrected chi connectivity index (χ1v) is 5.68. The molecule has 0 fully saturated rings. The minimum absolute atomic E-state index is 0.407. The van der Waals surface area contributed by atoms with Gasteiger partial charge in [-0.1, -0.05) is 40.6 Å². The third-order valence-electron chi connectivity index (χ3n) is 2.22. The quantitative estimate of drug-likeness (QED) is 0.484. The molecular weight excluding hydrogens is 244 g/mol. The summed E-state index contributed by atoms with van der Waals surface area (Å²) in [5.74, 6) is 0. The van der Waals surface area contributed by atoms with E-state index in [0.29, 0.717) is 18.0 Å². The molecule has 0 spiro atoms. The maximum Gasteiger partial charge on any atom is 0.142 e. The molecule has 0 amide bonds. The molecule has 0 saturated heterocycles. The van der Waals surface area contributed by atoms with Crippen molar-refractivity contribution in [2.75, 3.05) is 0 Å². The van der Waals surface area contributed by atoms with Crippen molar-refractivity contribution in [3.05, 3.63) is 35.9 Å². The highest BCUT2D eigenvalue weighted by Gasteiger charge is 1.94. The van der Waals surface area contributed by atoms with Crippen molar-refractivity contribution >= 4 is 23.9 Å². The second kappa shape index (κ2) is 8.57. The van der Waals surface area contributed by atoms with E-state index in [1.807, 2.05) is 30.3 Å². The van der Waals surface area contributed by atoms with Crippen molar-refractivity contribution in [2.24, 2.45) is 20.5 Å². The van der Waals surface area contributed by atoms with Crippen LogP contribution in [0.1, 0.15) is 19.4 Å². The van der Waals surface area contributed by atoms with Gasteiger partial charge in [-0.3, -0.25) is 0 Å². The summed E-state index contributed by atoms with van der Waals surface area (Å²) in [6.07, 6.45) is 2.78. The molecule has 1 aromatic rings. The van der Waals surface area contributed by atoms with Crippen LogP contribution in [0.25, 0.3) is 0 Å². The van der Waals surface area contributed by atoms with Crippen LogP contribution in [-0.4, -0.2) is 29.1 Å². The molecule has 1 aromatic carbocycles. The summed E-state index contributed by atoms with van der Waals surface area (Å²) in [6, 6.07) is 9.72. The standard InChI is InChI=1S/C13H16N4O2/c1-11(12(2)17-18)16-14-8-9-15-19-10-13-6-4-3-5-7-13/h3-9,18H,10H2,1-2H3/b14-8-,15-9-,16-11-,17-12+. The van der Waals surface area contributed by atoms with Crippen molar-refractivity contribution in [1.82, 2.24) is 0 Å². The fourth-order valence-electron chi connectivity index (χ4n) is 1.05. The molecule has 1 N–H and O–H groups in total. The predicted molar refractivity (Wildman–Crippen MR) is 76.2 cm³/mol. The lowest BCUT2D eigenvalue weighted by atomic mass is 10.2. The summed E-state index contributed by atoms with van der Waals surface area (Å²) in [7, 11) is 0. The lowest BCUT2D eigenvalue weighted by Crippen LogP contribution is -2.04. The third kappa shape index (κ3) is 6.11. The largest absolute Gasteiger partial charge is 0.411 e. The summed E-state index contributed by atoms with van der Waals surface area (Å²) in [6.45, 7) is 3.73. The Balaban J connectivity index is 2.31. The average Bonchev–Trinajstić information content (AvgIpc) is 2.46. The Labute approximate surface area is 111 Å². The van der Waals surface area contributed by atoms with E-state index >= 15 is 0 Å². The van der Waals surface area contributed by atoms with E-state index < -0.39 is 0 Å². The van der Waals surface area contributed by atoms with Crippen LogP contribution in [0.5, 0.6) is 0 Å². The molecule has 0 aliphatic heterocycles. The Morgan fingerprint density at radius 2 is 1.89 bits per heavy atom. The van der Waals surface area contributed by atoms with Gasteiger partial charge < -0.3 is 10.0 Å². The molecule has 6 heteroatoms. The van der Waals surface area contributed by atoms with Gasteiger partial charge in [0.15, 0.2) is 0 Å². The molecule has 19 heavy (non-hydrogen) atoms. The third-order valence-corrected chi connectivity index (χ3v) is 2.22. The highest BCUT2D eigenvalue weighted by atomic mass is 16.6. The number of hydrogen-bond donors (Lipinski definition) is 1. The van der Waals surface area contributed by atoms with Crippen molar-refractivity contribution in [1.29, 1.82) is 0 Å². The van der Waals surface area contributed by atoms with Crippen LogP contribution in [-0.2, 0) is 11.4 Å². The molecule has 0 aliphatic rings. The summed E-state index contributed by atoms with van der Waals surface area (Å²) in [5, 5.41) is 22.7. The number of hydrogen-bond acceptors (Lipinski definition) is 6. The molecule has 0 aromatic heterocycles. The summed E-state index contributed by atoms with van der Waals surface area (Å²) >= 11 is 0. The molecule has 0 radical (unpaired) electrons. The molecule has 100 valence electrons. The predicted octanol–water partition coefficient (Wildman–Crippen LogP) is 2.49. The lowest BCUT2D eigenvalue weighted by Gasteiger charge is -1.97. The van der Waals surface area contributed by atoms with Gasteiger partial charge in [0.25, 0.3) is 0 Å².